The molecule has 0 radical (unpaired) electrons. The van der Waals surface area contributed by atoms with Gasteiger partial charge in [0.05, 0.1) is 0 Å². The maximum Gasteiger partial charge on any atom is 0.312 e. The highest BCUT2D eigenvalue weighted by atomic mass is 32.2. The Bertz CT molecular complexity index is 133. The molecule has 0 aliphatic rings. The fraction of sp³-hybridized carbons (Fsp3) is 0.875. The summed E-state index contributed by atoms with van der Waals surface area (Å²) in [7, 11) is 0. The van der Waals surface area contributed by atoms with E-state index in [-0.39, 0.29) is 0 Å². The first-order chi connectivity index (χ1) is 6.27. The SMILES string of the molecule is CCSCCCNCCNC(N)=O. The standard InChI is InChI=1S/C8H19N3OS/c1-2-13-7-3-4-10-5-6-11-8(9)12/h10H,2-7H2,1H3,(H3,9,11,12). The summed E-state index contributed by atoms with van der Waals surface area (Å²) in [4.78, 5) is 10.3. The van der Waals surface area contributed by atoms with Crippen molar-refractivity contribution in [2.75, 3.05) is 31.1 Å². The normalized spacial score (nSPS) is 9.92. The maximum absolute atomic E-state index is 10.3. The summed E-state index contributed by atoms with van der Waals surface area (Å²) < 4.78 is 0. The number of nitrogens with two attached hydrogens (primary N) is 1. The molecule has 0 unspecified atom stereocenters. The van der Waals surface area contributed by atoms with E-state index in [4.69, 9.17) is 5.73 Å². The molecule has 0 aromatic rings. The van der Waals surface area contributed by atoms with Crippen LogP contribution in [0.4, 0.5) is 4.79 Å². The third-order valence-electron chi connectivity index (χ3n) is 1.45. The molecule has 0 heterocycles. The molecule has 0 spiro atoms. The Morgan fingerprint density at radius 3 is 2.77 bits per heavy atom. The van der Waals surface area contributed by atoms with Crippen LogP contribution in [0, 0.1) is 0 Å². The van der Waals surface area contributed by atoms with Gasteiger partial charge in [-0.1, -0.05) is 6.92 Å². The molecule has 0 aromatic carbocycles. The van der Waals surface area contributed by atoms with Gasteiger partial charge in [-0.2, -0.15) is 11.8 Å². The number of urea groups is 1. The van der Waals surface area contributed by atoms with Crippen molar-refractivity contribution >= 4 is 17.8 Å². The topological polar surface area (TPSA) is 67.2 Å². The number of nitrogens with one attached hydrogen (secondary N) is 2. The second-order valence-electron chi connectivity index (χ2n) is 2.59. The summed E-state index contributed by atoms with van der Waals surface area (Å²) in [6, 6.07) is -0.455. The van der Waals surface area contributed by atoms with Crippen LogP contribution < -0.4 is 16.4 Å². The molecule has 0 atom stereocenters. The van der Waals surface area contributed by atoms with Crippen molar-refractivity contribution < 1.29 is 4.79 Å². The molecule has 4 nitrogen and oxygen atoms in total. The van der Waals surface area contributed by atoms with Gasteiger partial charge in [0.1, 0.15) is 0 Å². The molecular formula is C8H19N3OS. The maximum atomic E-state index is 10.3. The lowest BCUT2D eigenvalue weighted by Crippen LogP contribution is -2.35. The first kappa shape index (κ1) is 12.6. The lowest BCUT2D eigenvalue weighted by Gasteiger charge is -2.04. The number of amides is 2. The zero-order valence-electron chi connectivity index (χ0n) is 8.14. The van der Waals surface area contributed by atoms with Crippen LogP contribution in [-0.2, 0) is 0 Å². The van der Waals surface area contributed by atoms with E-state index in [0.717, 1.165) is 13.1 Å². The average molecular weight is 205 g/mol. The molecule has 0 aliphatic heterocycles. The van der Waals surface area contributed by atoms with E-state index >= 15 is 0 Å². The van der Waals surface area contributed by atoms with E-state index in [1.54, 1.807) is 0 Å². The largest absolute Gasteiger partial charge is 0.352 e. The molecule has 0 rings (SSSR count). The van der Waals surface area contributed by atoms with Crippen LogP contribution in [-0.4, -0.2) is 37.2 Å². The van der Waals surface area contributed by atoms with Gasteiger partial charge in [-0.05, 0) is 24.5 Å². The summed E-state index contributed by atoms with van der Waals surface area (Å²) in [5.74, 6) is 2.38. The Labute approximate surface area is 84.0 Å². The Kier molecular flexibility index (Phi) is 9.35. The molecule has 0 bridgehead atoms. The third-order valence-corrected chi connectivity index (χ3v) is 2.43. The van der Waals surface area contributed by atoms with Crippen LogP contribution in [0.5, 0.6) is 0 Å². The predicted molar refractivity (Wildman–Crippen MR) is 58.1 cm³/mol. The van der Waals surface area contributed by atoms with Gasteiger partial charge in [0.2, 0.25) is 0 Å². The summed E-state index contributed by atoms with van der Waals surface area (Å²) in [5.41, 5.74) is 4.89. The number of thioether (sulfide) groups is 1. The van der Waals surface area contributed by atoms with Crippen LogP contribution in [0.1, 0.15) is 13.3 Å². The number of carbonyl (C=O) groups is 1. The van der Waals surface area contributed by atoms with Gasteiger partial charge < -0.3 is 16.4 Å². The average Bonchev–Trinajstić information content (AvgIpc) is 2.09. The zero-order valence-corrected chi connectivity index (χ0v) is 8.95. The van der Waals surface area contributed by atoms with E-state index in [9.17, 15) is 4.79 Å². The number of primary amides is 1. The van der Waals surface area contributed by atoms with Gasteiger partial charge in [0.25, 0.3) is 0 Å². The fourth-order valence-electron chi connectivity index (χ4n) is 0.843. The molecular weight excluding hydrogens is 186 g/mol. The molecule has 5 heteroatoms. The predicted octanol–water partition coefficient (Wildman–Crippen LogP) is 0.388. The molecule has 0 saturated heterocycles. The third kappa shape index (κ3) is 11.6. The van der Waals surface area contributed by atoms with Crippen LogP contribution in [0.25, 0.3) is 0 Å². The van der Waals surface area contributed by atoms with E-state index in [2.05, 4.69) is 17.6 Å². The van der Waals surface area contributed by atoms with Crippen molar-refractivity contribution in [2.45, 2.75) is 13.3 Å². The Morgan fingerprint density at radius 2 is 2.15 bits per heavy atom. The van der Waals surface area contributed by atoms with Crippen LogP contribution >= 0.6 is 11.8 Å². The van der Waals surface area contributed by atoms with Gasteiger partial charge in [0.15, 0.2) is 0 Å². The van der Waals surface area contributed by atoms with Crippen molar-refractivity contribution in [3.05, 3.63) is 0 Å². The molecule has 2 amide bonds. The highest BCUT2D eigenvalue weighted by Crippen LogP contribution is 1.98. The van der Waals surface area contributed by atoms with E-state index in [1.807, 2.05) is 11.8 Å². The molecule has 13 heavy (non-hydrogen) atoms. The van der Waals surface area contributed by atoms with Crippen molar-refractivity contribution in [3.63, 3.8) is 0 Å². The smallest absolute Gasteiger partial charge is 0.312 e. The Morgan fingerprint density at radius 1 is 1.38 bits per heavy atom. The first-order valence-electron chi connectivity index (χ1n) is 4.59. The van der Waals surface area contributed by atoms with E-state index in [1.165, 1.54) is 17.9 Å². The first-order valence-corrected chi connectivity index (χ1v) is 5.74. The Hall–Kier alpha value is -0.420. The number of rotatable bonds is 8. The number of hydrogen-bond acceptors (Lipinski definition) is 3. The fourth-order valence-corrected chi connectivity index (χ4v) is 1.48. The van der Waals surface area contributed by atoms with Crippen molar-refractivity contribution in [1.29, 1.82) is 0 Å². The van der Waals surface area contributed by atoms with Gasteiger partial charge in [-0.25, -0.2) is 4.79 Å². The van der Waals surface area contributed by atoms with Crippen molar-refractivity contribution in [3.8, 4) is 0 Å². The van der Waals surface area contributed by atoms with Crippen molar-refractivity contribution in [2.24, 2.45) is 5.73 Å². The summed E-state index contributed by atoms with van der Waals surface area (Å²) >= 11 is 1.95. The highest BCUT2D eigenvalue weighted by molar-refractivity contribution is 7.99. The van der Waals surface area contributed by atoms with E-state index < -0.39 is 6.03 Å². The molecule has 0 aromatic heterocycles. The van der Waals surface area contributed by atoms with Crippen LogP contribution in [0.15, 0.2) is 0 Å². The number of carbonyl (C=O) groups excluding carboxylic acids is 1. The summed E-state index contributed by atoms with van der Waals surface area (Å²) in [6.45, 7) is 4.57. The monoisotopic (exact) mass is 205 g/mol. The molecule has 0 aliphatic carbocycles. The van der Waals surface area contributed by atoms with Gasteiger partial charge >= 0.3 is 6.03 Å². The quantitative estimate of drug-likeness (QED) is 0.502. The molecule has 78 valence electrons. The Balaban J connectivity index is 2.87. The minimum absolute atomic E-state index is 0.455. The zero-order chi connectivity index (χ0) is 9.94. The lowest BCUT2D eigenvalue weighted by molar-refractivity contribution is 0.249. The minimum Gasteiger partial charge on any atom is -0.352 e. The second kappa shape index (κ2) is 9.67. The van der Waals surface area contributed by atoms with Crippen LogP contribution in [0.3, 0.4) is 0 Å². The second-order valence-corrected chi connectivity index (χ2v) is 3.99. The minimum atomic E-state index is -0.455. The van der Waals surface area contributed by atoms with Gasteiger partial charge in [-0.15, -0.1) is 0 Å². The molecule has 0 saturated carbocycles. The summed E-state index contributed by atoms with van der Waals surface area (Å²) in [5, 5.41) is 5.73. The van der Waals surface area contributed by atoms with Crippen LogP contribution in [0.2, 0.25) is 0 Å². The number of hydrogen-bond donors (Lipinski definition) is 3. The summed E-state index contributed by atoms with van der Waals surface area (Å²) in [6.07, 6.45) is 1.18. The van der Waals surface area contributed by atoms with Gasteiger partial charge in [-0.3, -0.25) is 0 Å². The van der Waals surface area contributed by atoms with Crippen molar-refractivity contribution in [1.82, 2.24) is 10.6 Å². The van der Waals surface area contributed by atoms with E-state index in [0.29, 0.717) is 6.54 Å². The lowest BCUT2D eigenvalue weighted by atomic mass is 10.4. The molecule has 0 fully saturated rings. The van der Waals surface area contributed by atoms with Gasteiger partial charge in [0, 0.05) is 13.1 Å². The highest BCUT2D eigenvalue weighted by Gasteiger charge is 1.90. The molecule has 4 N–H and O–H groups in total.